The number of amides is 1. The van der Waals surface area contributed by atoms with Crippen LogP contribution in [0.5, 0.6) is 0 Å². The van der Waals surface area contributed by atoms with E-state index in [-0.39, 0.29) is 36.0 Å². The Hall–Kier alpha value is -2.10. The van der Waals surface area contributed by atoms with Crippen LogP contribution in [-0.2, 0) is 21.2 Å². The van der Waals surface area contributed by atoms with Gasteiger partial charge in [0.2, 0.25) is 5.91 Å². The Morgan fingerprint density at radius 2 is 2.00 bits per heavy atom. The number of rotatable bonds is 7. The molecule has 2 rings (SSSR count). The highest BCUT2D eigenvalue weighted by Crippen LogP contribution is 2.25. The van der Waals surface area contributed by atoms with Crippen molar-refractivity contribution in [3.05, 3.63) is 20.8 Å². The number of nitrogens with zero attached hydrogens (tertiary/aromatic N) is 2. The SMILES string of the molecule is CCCCN(C(=O)C1CCS(=O)(=O)C1)c1c(N)n(CCC)c(=O)[nH]c1=O. The van der Waals surface area contributed by atoms with Crippen LogP contribution in [0.4, 0.5) is 11.5 Å². The van der Waals surface area contributed by atoms with Gasteiger partial charge in [-0.3, -0.25) is 19.1 Å². The smallest absolute Gasteiger partial charge is 0.330 e. The summed E-state index contributed by atoms with van der Waals surface area (Å²) in [6.07, 6.45) is 2.26. The lowest BCUT2D eigenvalue weighted by Gasteiger charge is -2.26. The molecule has 0 bridgehead atoms. The first-order valence-corrected chi connectivity index (χ1v) is 10.7. The molecule has 1 aliphatic heterocycles. The van der Waals surface area contributed by atoms with E-state index < -0.39 is 32.9 Å². The molecule has 1 amide bonds. The molecule has 0 radical (unpaired) electrons. The molecule has 9 nitrogen and oxygen atoms in total. The standard InChI is InChI=1S/C16H26N4O5S/c1-3-5-8-19(15(22)11-6-9-26(24,25)10-11)12-13(17)20(7-4-2)16(23)18-14(12)21/h11H,3-10,17H2,1-2H3,(H,18,21,23). The predicted molar refractivity (Wildman–Crippen MR) is 100 cm³/mol. The molecule has 1 unspecified atom stereocenters. The van der Waals surface area contributed by atoms with Gasteiger partial charge in [0.1, 0.15) is 5.82 Å². The number of H-pyrrole nitrogens is 1. The third-order valence-electron chi connectivity index (χ3n) is 4.51. The van der Waals surface area contributed by atoms with Crippen LogP contribution < -0.4 is 21.9 Å². The maximum absolute atomic E-state index is 13.0. The Morgan fingerprint density at radius 1 is 1.31 bits per heavy atom. The molecule has 2 heterocycles. The summed E-state index contributed by atoms with van der Waals surface area (Å²) in [4.78, 5) is 40.8. The number of anilines is 2. The highest BCUT2D eigenvalue weighted by Gasteiger charge is 2.37. The highest BCUT2D eigenvalue weighted by molar-refractivity contribution is 7.91. The summed E-state index contributed by atoms with van der Waals surface area (Å²) in [7, 11) is -3.24. The summed E-state index contributed by atoms with van der Waals surface area (Å²) in [5.74, 6) is -1.45. The van der Waals surface area contributed by atoms with E-state index in [0.717, 1.165) is 6.42 Å². The molecule has 1 aliphatic rings. The third kappa shape index (κ3) is 4.17. The zero-order valence-corrected chi connectivity index (χ0v) is 16.0. The molecular weight excluding hydrogens is 360 g/mol. The van der Waals surface area contributed by atoms with E-state index >= 15 is 0 Å². The fourth-order valence-corrected chi connectivity index (χ4v) is 4.87. The largest absolute Gasteiger partial charge is 0.383 e. The second kappa shape index (κ2) is 8.07. The molecule has 10 heteroatoms. The van der Waals surface area contributed by atoms with Gasteiger partial charge >= 0.3 is 5.69 Å². The summed E-state index contributed by atoms with van der Waals surface area (Å²) in [5.41, 5.74) is 4.64. The van der Waals surface area contributed by atoms with Crippen molar-refractivity contribution < 1.29 is 13.2 Å². The number of sulfone groups is 1. The summed E-state index contributed by atoms with van der Waals surface area (Å²) in [5, 5.41) is 0. The summed E-state index contributed by atoms with van der Waals surface area (Å²) in [6.45, 7) is 4.35. The number of unbranched alkanes of at least 4 members (excludes halogenated alkanes) is 1. The van der Waals surface area contributed by atoms with Gasteiger partial charge in [0, 0.05) is 13.1 Å². The lowest BCUT2D eigenvalue weighted by atomic mass is 10.1. The summed E-state index contributed by atoms with van der Waals surface area (Å²) >= 11 is 0. The van der Waals surface area contributed by atoms with E-state index in [4.69, 9.17) is 5.73 Å². The van der Waals surface area contributed by atoms with Gasteiger partial charge in [0.15, 0.2) is 15.5 Å². The van der Waals surface area contributed by atoms with Crippen LogP contribution >= 0.6 is 0 Å². The minimum absolute atomic E-state index is 0.0355. The average molecular weight is 386 g/mol. The van der Waals surface area contributed by atoms with E-state index in [2.05, 4.69) is 4.98 Å². The molecular formula is C16H26N4O5S. The van der Waals surface area contributed by atoms with E-state index in [1.54, 1.807) is 0 Å². The van der Waals surface area contributed by atoms with Crippen LogP contribution in [0.1, 0.15) is 39.5 Å². The monoisotopic (exact) mass is 386 g/mol. The summed E-state index contributed by atoms with van der Waals surface area (Å²) in [6, 6.07) is 0. The van der Waals surface area contributed by atoms with Crippen molar-refractivity contribution in [3.8, 4) is 0 Å². The molecule has 1 aromatic heterocycles. The van der Waals surface area contributed by atoms with Gasteiger partial charge in [-0.1, -0.05) is 20.3 Å². The number of nitrogens with two attached hydrogens (primary N) is 1. The number of nitrogen functional groups attached to an aromatic ring is 1. The number of nitrogens with one attached hydrogen (secondary N) is 1. The molecule has 3 N–H and O–H groups in total. The lowest BCUT2D eigenvalue weighted by Crippen LogP contribution is -2.44. The van der Waals surface area contributed by atoms with E-state index in [1.165, 1.54) is 9.47 Å². The molecule has 1 aromatic rings. The fourth-order valence-electron chi connectivity index (χ4n) is 3.14. The predicted octanol–water partition coefficient (Wildman–Crippen LogP) is 0.0966. The third-order valence-corrected chi connectivity index (χ3v) is 6.28. The number of carbonyl (C=O) groups is 1. The van der Waals surface area contributed by atoms with Crippen LogP contribution in [0.15, 0.2) is 9.59 Å². The van der Waals surface area contributed by atoms with Gasteiger partial charge in [-0.15, -0.1) is 0 Å². The molecule has 0 spiro atoms. The number of hydrogen-bond donors (Lipinski definition) is 2. The first kappa shape index (κ1) is 20.2. The van der Waals surface area contributed by atoms with E-state index in [1.807, 2.05) is 13.8 Å². The lowest BCUT2D eigenvalue weighted by molar-refractivity contribution is -0.121. The van der Waals surface area contributed by atoms with Gasteiger partial charge < -0.3 is 10.6 Å². The van der Waals surface area contributed by atoms with Crippen molar-refractivity contribution in [3.63, 3.8) is 0 Å². The molecule has 1 saturated heterocycles. The van der Waals surface area contributed by atoms with Crippen LogP contribution in [0.3, 0.4) is 0 Å². The van der Waals surface area contributed by atoms with Crippen LogP contribution in [0.2, 0.25) is 0 Å². The van der Waals surface area contributed by atoms with Gasteiger partial charge in [-0.05, 0) is 19.3 Å². The van der Waals surface area contributed by atoms with E-state index in [9.17, 15) is 22.8 Å². The first-order valence-electron chi connectivity index (χ1n) is 8.86. The van der Waals surface area contributed by atoms with Crippen molar-refractivity contribution in [2.45, 2.75) is 46.1 Å². The number of hydrogen-bond acceptors (Lipinski definition) is 6. The van der Waals surface area contributed by atoms with Crippen molar-refractivity contribution >= 4 is 27.2 Å². The summed E-state index contributed by atoms with van der Waals surface area (Å²) < 4.78 is 24.7. The maximum Gasteiger partial charge on any atom is 0.330 e. The second-order valence-corrected chi connectivity index (χ2v) is 8.82. The van der Waals surface area contributed by atoms with Crippen LogP contribution in [0, 0.1) is 5.92 Å². The maximum atomic E-state index is 13.0. The van der Waals surface area contributed by atoms with Gasteiger partial charge in [0.05, 0.1) is 17.4 Å². The fraction of sp³-hybridized carbons (Fsp3) is 0.688. The normalized spacial score (nSPS) is 18.8. The van der Waals surface area contributed by atoms with Crippen molar-refractivity contribution in [1.82, 2.24) is 9.55 Å². The van der Waals surface area contributed by atoms with Crippen LogP contribution in [-0.4, -0.2) is 41.9 Å². The zero-order valence-electron chi connectivity index (χ0n) is 15.2. The molecule has 0 saturated carbocycles. The zero-order chi connectivity index (χ0) is 19.5. The topological polar surface area (TPSA) is 135 Å². The van der Waals surface area contributed by atoms with Crippen molar-refractivity contribution in [2.75, 3.05) is 28.7 Å². The van der Waals surface area contributed by atoms with Crippen LogP contribution in [0.25, 0.3) is 0 Å². The molecule has 0 aliphatic carbocycles. The molecule has 26 heavy (non-hydrogen) atoms. The van der Waals surface area contributed by atoms with Crippen molar-refractivity contribution in [1.29, 1.82) is 0 Å². The number of carbonyl (C=O) groups excluding carboxylic acids is 1. The minimum atomic E-state index is -3.24. The van der Waals surface area contributed by atoms with Gasteiger partial charge in [-0.2, -0.15) is 0 Å². The Kier molecular flexibility index (Phi) is 6.27. The number of aromatic nitrogens is 2. The molecule has 0 aromatic carbocycles. The Bertz CT molecular complexity index is 887. The van der Waals surface area contributed by atoms with Gasteiger partial charge in [0.25, 0.3) is 5.56 Å². The Balaban J connectivity index is 2.50. The molecule has 146 valence electrons. The first-order chi connectivity index (χ1) is 12.2. The Labute approximate surface area is 152 Å². The quantitative estimate of drug-likeness (QED) is 0.682. The van der Waals surface area contributed by atoms with Gasteiger partial charge in [-0.25, -0.2) is 13.2 Å². The highest BCUT2D eigenvalue weighted by atomic mass is 32.2. The van der Waals surface area contributed by atoms with Crippen molar-refractivity contribution in [2.24, 2.45) is 5.92 Å². The minimum Gasteiger partial charge on any atom is -0.383 e. The Morgan fingerprint density at radius 3 is 2.54 bits per heavy atom. The molecule has 1 atom stereocenters. The molecule has 1 fully saturated rings. The number of aromatic amines is 1. The average Bonchev–Trinajstić information content (AvgIpc) is 2.93. The van der Waals surface area contributed by atoms with E-state index in [0.29, 0.717) is 19.4 Å². The second-order valence-electron chi connectivity index (χ2n) is 6.59.